The molecule has 1 aromatic heterocycles. The second kappa shape index (κ2) is 4.37. The number of benzene rings is 1. The molecule has 0 unspecified atom stereocenters. The number of hydrogen-bond acceptors (Lipinski definition) is 3. The Hall–Kier alpha value is -1.56. The molecule has 6 heteroatoms. The zero-order valence-corrected chi connectivity index (χ0v) is 11.0. The second-order valence-electron chi connectivity index (χ2n) is 3.51. The van der Waals surface area contributed by atoms with E-state index in [1.165, 1.54) is 11.8 Å². The number of hydrogen-bond donors (Lipinski definition) is 1. The number of anilines is 1. The molecule has 0 aliphatic carbocycles. The summed E-state index contributed by atoms with van der Waals surface area (Å²) in [6, 6.07) is 3.35. The van der Waals surface area contributed by atoms with Gasteiger partial charge in [0.25, 0.3) is 0 Å². The van der Waals surface area contributed by atoms with Gasteiger partial charge in [0.05, 0.1) is 17.8 Å². The number of nitrogen functional groups attached to an aromatic ring is 1. The van der Waals surface area contributed by atoms with E-state index in [4.69, 9.17) is 10.5 Å². The van der Waals surface area contributed by atoms with Crippen LogP contribution in [0.2, 0.25) is 0 Å². The molecule has 0 saturated carbocycles. The maximum atomic E-state index is 13.8. The highest BCUT2D eigenvalue weighted by Gasteiger charge is 2.17. The van der Waals surface area contributed by atoms with Crippen molar-refractivity contribution in [3.05, 3.63) is 28.6 Å². The number of aromatic nitrogens is 2. The van der Waals surface area contributed by atoms with Crippen molar-refractivity contribution >= 4 is 21.7 Å². The van der Waals surface area contributed by atoms with Crippen molar-refractivity contribution in [3.63, 3.8) is 0 Å². The van der Waals surface area contributed by atoms with Crippen molar-refractivity contribution in [2.75, 3.05) is 12.8 Å². The standard InChI is InChI=1S/C11H11BrFN3O/c1-16-11(14)7(5-15-16)6-3-4-8(12)9(13)10(6)17-2/h3-5H,14H2,1-2H3. The van der Waals surface area contributed by atoms with E-state index in [2.05, 4.69) is 21.0 Å². The van der Waals surface area contributed by atoms with Crippen LogP contribution in [0.25, 0.3) is 11.1 Å². The van der Waals surface area contributed by atoms with Gasteiger partial charge in [0, 0.05) is 18.2 Å². The van der Waals surface area contributed by atoms with E-state index < -0.39 is 5.82 Å². The summed E-state index contributed by atoms with van der Waals surface area (Å²) < 4.78 is 20.8. The van der Waals surface area contributed by atoms with Crippen LogP contribution in [0, 0.1) is 5.82 Å². The topological polar surface area (TPSA) is 53.1 Å². The van der Waals surface area contributed by atoms with Gasteiger partial charge in [-0.25, -0.2) is 4.39 Å². The highest BCUT2D eigenvalue weighted by molar-refractivity contribution is 9.10. The SMILES string of the molecule is COc1c(-c2cnn(C)c2N)ccc(Br)c1F. The molecular formula is C11H11BrFN3O. The fourth-order valence-electron chi connectivity index (χ4n) is 1.60. The van der Waals surface area contributed by atoms with Crippen molar-refractivity contribution in [2.24, 2.45) is 7.05 Å². The summed E-state index contributed by atoms with van der Waals surface area (Å²) in [6.45, 7) is 0. The van der Waals surface area contributed by atoms with Crippen molar-refractivity contribution in [2.45, 2.75) is 0 Å². The Bertz CT molecular complexity index is 568. The van der Waals surface area contributed by atoms with Crippen LogP contribution in [0.3, 0.4) is 0 Å². The van der Waals surface area contributed by atoms with E-state index in [-0.39, 0.29) is 5.75 Å². The molecule has 2 N–H and O–H groups in total. The van der Waals surface area contributed by atoms with Gasteiger partial charge in [0.15, 0.2) is 11.6 Å². The number of halogens is 2. The lowest BCUT2D eigenvalue weighted by Crippen LogP contribution is -1.99. The quantitative estimate of drug-likeness (QED) is 0.927. The molecule has 0 fully saturated rings. The Kier molecular flexibility index (Phi) is 3.06. The first kappa shape index (κ1) is 11.9. The third kappa shape index (κ3) is 1.88. The summed E-state index contributed by atoms with van der Waals surface area (Å²) in [4.78, 5) is 0. The van der Waals surface area contributed by atoms with E-state index in [0.29, 0.717) is 21.4 Å². The van der Waals surface area contributed by atoms with Crippen molar-refractivity contribution in [1.29, 1.82) is 0 Å². The molecule has 0 aliphatic rings. The third-order valence-electron chi connectivity index (χ3n) is 2.53. The van der Waals surface area contributed by atoms with Gasteiger partial charge in [-0.1, -0.05) is 0 Å². The van der Waals surface area contributed by atoms with E-state index in [9.17, 15) is 4.39 Å². The molecule has 4 nitrogen and oxygen atoms in total. The molecule has 0 amide bonds. The van der Waals surface area contributed by atoms with Gasteiger partial charge >= 0.3 is 0 Å². The fraction of sp³-hybridized carbons (Fsp3) is 0.182. The van der Waals surface area contributed by atoms with Crippen molar-refractivity contribution in [3.8, 4) is 16.9 Å². The van der Waals surface area contributed by atoms with Gasteiger partial charge in [-0.2, -0.15) is 5.10 Å². The number of nitrogens with two attached hydrogens (primary N) is 1. The van der Waals surface area contributed by atoms with Gasteiger partial charge < -0.3 is 10.5 Å². The molecule has 1 aromatic carbocycles. The zero-order chi connectivity index (χ0) is 12.6. The van der Waals surface area contributed by atoms with Crippen molar-refractivity contribution < 1.29 is 9.13 Å². The molecule has 0 atom stereocenters. The highest BCUT2D eigenvalue weighted by atomic mass is 79.9. The number of nitrogens with zero attached hydrogens (tertiary/aromatic N) is 2. The van der Waals surface area contributed by atoms with Crippen LogP contribution in [-0.4, -0.2) is 16.9 Å². The molecule has 1 heterocycles. The molecule has 90 valence electrons. The summed E-state index contributed by atoms with van der Waals surface area (Å²) in [7, 11) is 3.14. The predicted molar refractivity (Wildman–Crippen MR) is 67.3 cm³/mol. The predicted octanol–water partition coefficient (Wildman–Crippen LogP) is 2.58. The summed E-state index contributed by atoms with van der Waals surface area (Å²) in [5.41, 5.74) is 7.09. The second-order valence-corrected chi connectivity index (χ2v) is 4.36. The van der Waals surface area contributed by atoms with Crippen LogP contribution in [0.15, 0.2) is 22.8 Å². The smallest absolute Gasteiger partial charge is 0.179 e. The van der Waals surface area contributed by atoms with Crippen molar-refractivity contribution in [1.82, 2.24) is 9.78 Å². The monoisotopic (exact) mass is 299 g/mol. The Morgan fingerprint density at radius 2 is 2.12 bits per heavy atom. The lowest BCUT2D eigenvalue weighted by molar-refractivity contribution is 0.387. The summed E-state index contributed by atoms with van der Waals surface area (Å²) in [6.07, 6.45) is 1.58. The van der Waals surface area contributed by atoms with Crippen LogP contribution in [0.1, 0.15) is 0 Å². The minimum absolute atomic E-state index is 0.152. The number of rotatable bonds is 2. The molecular weight excluding hydrogens is 289 g/mol. The number of ether oxygens (including phenoxy) is 1. The lowest BCUT2D eigenvalue weighted by Gasteiger charge is -2.10. The number of aryl methyl sites for hydroxylation is 1. The molecule has 0 radical (unpaired) electrons. The van der Waals surface area contributed by atoms with Gasteiger partial charge in [0.1, 0.15) is 5.82 Å². The zero-order valence-electron chi connectivity index (χ0n) is 9.37. The first-order valence-electron chi connectivity index (χ1n) is 4.86. The molecule has 2 aromatic rings. The molecule has 0 spiro atoms. The number of methoxy groups -OCH3 is 1. The van der Waals surface area contributed by atoms with Crippen LogP contribution in [-0.2, 0) is 7.05 Å². The molecule has 0 saturated heterocycles. The molecule has 2 rings (SSSR count). The molecule has 17 heavy (non-hydrogen) atoms. The Morgan fingerprint density at radius 1 is 1.41 bits per heavy atom. The Balaban J connectivity index is 2.68. The first-order valence-corrected chi connectivity index (χ1v) is 5.65. The maximum Gasteiger partial charge on any atom is 0.179 e. The normalized spacial score (nSPS) is 10.6. The van der Waals surface area contributed by atoms with Gasteiger partial charge in [-0.3, -0.25) is 4.68 Å². The fourth-order valence-corrected chi connectivity index (χ4v) is 1.91. The minimum Gasteiger partial charge on any atom is -0.493 e. The first-order chi connectivity index (χ1) is 8.06. The van der Waals surface area contributed by atoms with E-state index >= 15 is 0 Å². The third-order valence-corrected chi connectivity index (χ3v) is 3.14. The molecule has 0 aliphatic heterocycles. The maximum absolute atomic E-state index is 13.8. The lowest BCUT2D eigenvalue weighted by atomic mass is 10.1. The molecule has 0 bridgehead atoms. The van der Waals surface area contributed by atoms with Gasteiger partial charge in [0.2, 0.25) is 0 Å². The van der Waals surface area contributed by atoms with Gasteiger partial charge in [-0.05, 0) is 28.1 Å². The minimum atomic E-state index is -0.451. The van der Waals surface area contributed by atoms with E-state index in [1.54, 1.807) is 25.4 Å². The largest absolute Gasteiger partial charge is 0.493 e. The van der Waals surface area contributed by atoms with Gasteiger partial charge in [-0.15, -0.1) is 0 Å². The summed E-state index contributed by atoms with van der Waals surface area (Å²) >= 11 is 3.11. The van der Waals surface area contributed by atoms with Crippen LogP contribution >= 0.6 is 15.9 Å². The Morgan fingerprint density at radius 3 is 2.65 bits per heavy atom. The average molecular weight is 300 g/mol. The van der Waals surface area contributed by atoms with Crippen LogP contribution < -0.4 is 10.5 Å². The van der Waals surface area contributed by atoms with E-state index in [1.807, 2.05) is 0 Å². The van der Waals surface area contributed by atoms with E-state index in [0.717, 1.165) is 0 Å². The Labute approximate surface area is 106 Å². The highest BCUT2D eigenvalue weighted by Crippen LogP contribution is 2.37. The average Bonchev–Trinajstić information content (AvgIpc) is 2.64. The van der Waals surface area contributed by atoms with Crippen LogP contribution in [0.5, 0.6) is 5.75 Å². The van der Waals surface area contributed by atoms with Crippen LogP contribution in [0.4, 0.5) is 10.2 Å². The summed E-state index contributed by atoms with van der Waals surface area (Å²) in [5, 5.41) is 4.02. The summed E-state index contributed by atoms with van der Waals surface area (Å²) in [5.74, 6) is 0.164.